The number of hydrogen-bond acceptors (Lipinski definition) is 3. The number of methoxy groups -OCH3 is 1. The normalized spacial score (nSPS) is 11.9. The molecule has 24 heavy (non-hydrogen) atoms. The van der Waals surface area contributed by atoms with Crippen LogP contribution < -0.4 is 15.4 Å². The Bertz CT molecular complexity index is 671. The molecule has 4 nitrogen and oxygen atoms in total. The first-order chi connectivity index (χ1) is 11.5. The molecule has 2 aromatic rings. The molecule has 1 heterocycles. The highest BCUT2D eigenvalue weighted by Crippen LogP contribution is 2.23. The van der Waals surface area contributed by atoms with E-state index >= 15 is 0 Å². The lowest BCUT2D eigenvalue weighted by Gasteiger charge is -2.23. The number of pyridine rings is 1. The molecule has 128 valence electrons. The zero-order chi connectivity index (χ0) is 17.5. The van der Waals surface area contributed by atoms with Crippen molar-refractivity contribution in [2.24, 2.45) is 5.92 Å². The van der Waals surface area contributed by atoms with Crippen molar-refractivity contribution in [3.8, 4) is 5.75 Å². The molecule has 0 bridgehead atoms. The third-order valence-corrected chi connectivity index (χ3v) is 3.91. The summed E-state index contributed by atoms with van der Waals surface area (Å²) in [5.41, 5.74) is 2.33. The lowest BCUT2D eigenvalue weighted by molar-refractivity contribution is 0.414. The van der Waals surface area contributed by atoms with Crippen LogP contribution in [0.1, 0.15) is 37.4 Å². The Morgan fingerprint density at radius 2 is 1.92 bits per heavy atom. The lowest BCUT2D eigenvalue weighted by Crippen LogP contribution is -2.33. The number of nitrogens with zero attached hydrogens (tertiary/aromatic N) is 1. The largest absolute Gasteiger partial charge is 0.497 e. The van der Waals surface area contributed by atoms with Gasteiger partial charge in [0.1, 0.15) is 11.6 Å². The number of aromatic nitrogens is 1. The lowest BCUT2D eigenvalue weighted by atomic mass is 9.97. The van der Waals surface area contributed by atoms with Gasteiger partial charge in [-0.15, -0.1) is 0 Å². The van der Waals surface area contributed by atoms with E-state index < -0.39 is 0 Å². The van der Waals surface area contributed by atoms with Gasteiger partial charge in [-0.25, -0.2) is 4.98 Å². The van der Waals surface area contributed by atoms with E-state index in [1.165, 1.54) is 5.56 Å². The van der Waals surface area contributed by atoms with E-state index in [1.807, 2.05) is 31.2 Å². The number of aryl methyl sites for hydroxylation is 1. The Morgan fingerprint density at radius 3 is 2.50 bits per heavy atom. The van der Waals surface area contributed by atoms with Gasteiger partial charge in [-0.1, -0.05) is 26.0 Å². The summed E-state index contributed by atoms with van der Waals surface area (Å²) in [4.78, 5) is 4.29. The van der Waals surface area contributed by atoms with E-state index in [4.69, 9.17) is 17.0 Å². The highest BCUT2D eigenvalue weighted by Gasteiger charge is 2.15. The number of ether oxygens (including phenoxy) is 1. The molecule has 2 rings (SSSR count). The van der Waals surface area contributed by atoms with Crippen LogP contribution in [0.3, 0.4) is 0 Å². The molecule has 1 aromatic heterocycles. The van der Waals surface area contributed by atoms with Crippen molar-refractivity contribution in [3.63, 3.8) is 0 Å². The summed E-state index contributed by atoms with van der Waals surface area (Å²) in [5, 5.41) is 7.15. The van der Waals surface area contributed by atoms with Crippen molar-refractivity contribution in [3.05, 3.63) is 53.7 Å². The predicted molar refractivity (Wildman–Crippen MR) is 104 cm³/mol. The SMILES string of the molecule is COc1ccc([C@H](CC(C)C)NC(=S)Nc2cc(C)ccn2)cc1. The first kappa shape index (κ1) is 18.2. The number of hydrogen-bond donors (Lipinski definition) is 2. The van der Waals surface area contributed by atoms with Crippen molar-refractivity contribution in [1.29, 1.82) is 0 Å². The molecule has 5 heteroatoms. The van der Waals surface area contributed by atoms with Crippen molar-refractivity contribution >= 4 is 23.1 Å². The van der Waals surface area contributed by atoms with Crippen LogP contribution in [-0.4, -0.2) is 17.2 Å². The van der Waals surface area contributed by atoms with E-state index in [1.54, 1.807) is 13.3 Å². The molecule has 0 aliphatic heterocycles. The van der Waals surface area contributed by atoms with Crippen LogP contribution in [0.25, 0.3) is 0 Å². The Balaban J connectivity index is 2.08. The molecule has 0 amide bonds. The van der Waals surface area contributed by atoms with Gasteiger partial charge in [-0.05, 0) is 66.9 Å². The molecule has 0 aliphatic rings. The fraction of sp³-hybridized carbons (Fsp3) is 0.368. The first-order valence-electron chi connectivity index (χ1n) is 8.12. The Kier molecular flexibility index (Phi) is 6.55. The van der Waals surface area contributed by atoms with Crippen molar-refractivity contribution in [1.82, 2.24) is 10.3 Å². The van der Waals surface area contributed by atoms with E-state index in [2.05, 4.69) is 41.6 Å². The number of rotatable bonds is 6. The van der Waals surface area contributed by atoms with Gasteiger partial charge < -0.3 is 15.4 Å². The highest BCUT2D eigenvalue weighted by atomic mass is 32.1. The number of thiocarbonyl (C=S) groups is 1. The van der Waals surface area contributed by atoms with Crippen molar-refractivity contribution in [2.75, 3.05) is 12.4 Å². The molecular weight excluding hydrogens is 318 g/mol. The van der Waals surface area contributed by atoms with Gasteiger partial charge in [-0.3, -0.25) is 0 Å². The molecule has 0 fully saturated rings. The molecule has 0 saturated heterocycles. The van der Waals surface area contributed by atoms with Crippen LogP contribution >= 0.6 is 12.2 Å². The Labute approximate surface area is 149 Å². The smallest absolute Gasteiger partial charge is 0.172 e. The minimum absolute atomic E-state index is 0.140. The molecule has 1 atom stereocenters. The predicted octanol–water partition coefficient (Wildman–Crippen LogP) is 4.47. The van der Waals surface area contributed by atoms with Gasteiger partial charge in [0.25, 0.3) is 0 Å². The Hall–Kier alpha value is -2.14. The van der Waals surface area contributed by atoms with Crippen LogP contribution in [0.15, 0.2) is 42.6 Å². The van der Waals surface area contributed by atoms with Crippen molar-refractivity contribution in [2.45, 2.75) is 33.2 Å². The second kappa shape index (κ2) is 8.64. The fourth-order valence-corrected chi connectivity index (χ4v) is 2.75. The first-order valence-corrected chi connectivity index (χ1v) is 8.53. The minimum Gasteiger partial charge on any atom is -0.497 e. The van der Waals surface area contributed by atoms with Gasteiger partial charge in [-0.2, -0.15) is 0 Å². The molecule has 2 N–H and O–H groups in total. The summed E-state index contributed by atoms with van der Waals surface area (Å²) < 4.78 is 5.23. The zero-order valence-corrected chi connectivity index (χ0v) is 15.5. The molecule has 1 aromatic carbocycles. The molecular formula is C19H25N3OS. The zero-order valence-electron chi connectivity index (χ0n) is 14.7. The van der Waals surface area contributed by atoms with Crippen LogP contribution in [-0.2, 0) is 0 Å². The average molecular weight is 343 g/mol. The van der Waals surface area contributed by atoms with Crippen LogP contribution in [0, 0.1) is 12.8 Å². The van der Waals surface area contributed by atoms with Crippen LogP contribution in [0.2, 0.25) is 0 Å². The maximum Gasteiger partial charge on any atom is 0.172 e. The van der Waals surface area contributed by atoms with Gasteiger partial charge in [0, 0.05) is 6.20 Å². The summed E-state index contributed by atoms with van der Waals surface area (Å²) in [6.45, 7) is 6.44. The standard InChI is InChI=1S/C19H25N3OS/c1-13(2)11-17(15-5-7-16(23-4)8-6-15)21-19(24)22-18-12-14(3)9-10-20-18/h5-10,12-13,17H,11H2,1-4H3,(H2,20,21,22,24)/t17-/m0/s1. The fourth-order valence-electron chi connectivity index (χ4n) is 2.50. The van der Waals surface area contributed by atoms with Crippen molar-refractivity contribution < 1.29 is 4.74 Å². The topological polar surface area (TPSA) is 46.2 Å². The molecule has 0 aliphatic carbocycles. The molecule has 0 spiro atoms. The van der Waals surface area contributed by atoms with Gasteiger partial charge >= 0.3 is 0 Å². The number of nitrogens with one attached hydrogen (secondary N) is 2. The third-order valence-electron chi connectivity index (χ3n) is 3.69. The monoisotopic (exact) mass is 343 g/mol. The molecule has 0 radical (unpaired) electrons. The summed E-state index contributed by atoms with van der Waals surface area (Å²) >= 11 is 5.47. The van der Waals surface area contributed by atoms with Gasteiger partial charge in [0.2, 0.25) is 0 Å². The summed E-state index contributed by atoms with van der Waals surface area (Å²) in [6, 6.07) is 12.2. The highest BCUT2D eigenvalue weighted by molar-refractivity contribution is 7.80. The maximum atomic E-state index is 5.47. The summed E-state index contributed by atoms with van der Waals surface area (Å²) in [7, 11) is 1.67. The molecule has 0 unspecified atom stereocenters. The van der Waals surface area contributed by atoms with Gasteiger partial charge in [0.05, 0.1) is 13.2 Å². The van der Waals surface area contributed by atoms with Crippen LogP contribution in [0.4, 0.5) is 5.82 Å². The second-order valence-electron chi connectivity index (χ2n) is 6.27. The maximum absolute atomic E-state index is 5.47. The molecule has 0 saturated carbocycles. The number of anilines is 1. The van der Waals surface area contributed by atoms with E-state index in [-0.39, 0.29) is 6.04 Å². The van der Waals surface area contributed by atoms with Crippen LogP contribution in [0.5, 0.6) is 5.75 Å². The van der Waals surface area contributed by atoms with E-state index in [9.17, 15) is 0 Å². The summed E-state index contributed by atoms with van der Waals surface area (Å²) in [5.74, 6) is 2.15. The van der Waals surface area contributed by atoms with E-state index in [0.29, 0.717) is 11.0 Å². The average Bonchev–Trinajstić information content (AvgIpc) is 2.54. The number of benzene rings is 1. The van der Waals surface area contributed by atoms with Gasteiger partial charge in [0.15, 0.2) is 5.11 Å². The van der Waals surface area contributed by atoms with E-state index in [0.717, 1.165) is 23.6 Å². The minimum atomic E-state index is 0.140. The third kappa shape index (κ3) is 5.49. The second-order valence-corrected chi connectivity index (χ2v) is 6.68. The Morgan fingerprint density at radius 1 is 1.21 bits per heavy atom. The quantitative estimate of drug-likeness (QED) is 0.758. The summed E-state index contributed by atoms with van der Waals surface area (Å²) in [6.07, 6.45) is 2.75.